The van der Waals surface area contributed by atoms with Crippen molar-refractivity contribution in [2.45, 2.75) is 5.60 Å². The molecule has 2 aliphatic rings. The van der Waals surface area contributed by atoms with E-state index >= 15 is 0 Å². The van der Waals surface area contributed by atoms with Crippen molar-refractivity contribution >= 4 is 21.6 Å². The average molecular weight is 344 g/mol. The Bertz CT molecular complexity index is 703. The highest BCUT2D eigenvalue weighted by Crippen LogP contribution is 2.27. The van der Waals surface area contributed by atoms with Crippen LogP contribution in [0.4, 0.5) is 5.69 Å². The SMILES string of the molecule is Cn1cc(N2C[C@@]3(COCCN(S(C)(=O)=O)C3)OCC2=O)cn1. The lowest BCUT2D eigenvalue weighted by Gasteiger charge is -2.42. The van der Waals surface area contributed by atoms with Crippen LogP contribution in [0.15, 0.2) is 12.4 Å². The summed E-state index contributed by atoms with van der Waals surface area (Å²) in [7, 11) is -1.59. The molecule has 3 rings (SSSR count). The largest absolute Gasteiger partial charge is 0.377 e. The number of rotatable bonds is 2. The zero-order valence-corrected chi connectivity index (χ0v) is 14.0. The smallest absolute Gasteiger partial charge is 0.253 e. The van der Waals surface area contributed by atoms with Gasteiger partial charge in [-0.1, -0.05) is 0 Å². The van der Waals surface area contributed by atoms with Gasteiger partial charge in [0.1, 0.15) is 12.2 Å². The van der Waals surface area contributed by atoms with E-state index in [1.54, 1.807) is 29.0 Å². The summed E-state index contributed by atoms with van der Waals surface area (Å²) in [6.07, 6.45) is 4.50. The Hall–Kier alpha value is -1.49. The molecule has 0 saturated carbocycles. The highest BCUT2D eigenvalue weighted by molar-refractivity contribution is 7.88. The van der Waals surface area contributed by atoms with Crippen molar-refractivity contribution in [2.75, 3.05) is 50.6 Å². The molecule has 0 unspecified atom stereocenters. The highest BCUT2D eigenvalue weighted by atomic mass is 32.2. The Kier molecular flexibility index (Phi) is 4.17. The van der Waals surface area contributed by atoms with Crippen molar-refractivity contribution in [1.82, 2.24) is 14.1 Å². The summed E-state index contributed by atoms with van der Waals surface area (Å²) in [6, 6.07) is 0. The maximum Gasteiger partial charge on any atom is 0.253 e. The Morgan fingerprint density at radius 3 is 2.78 bits per heavy atom. The van der Waals surface area contributed by atoms with Crippen LogP contribution in [0.3, 0.4) is 0 Å². The van der Waals surface area contributed by atoms with Crippen molar-refractivity contribution in [1.29, 1.82) is 0 Å². The van der Waals surface area contributed by atoms with Crippen molar-refractivity contribution in [3.63, 3.8) is 0 Å². The molecular weight excluding hydrogens is 324 g/mol. The van der Waals surface area contributed by atoms with Gasteiger partial charge in [0.25, 0.3) is 5.91 Å². The molecule has 1 aromatic rings. The molecule has 128 valence electrons. The first-order chi connectivity index (χ1) is 10.8. The Labute approximate surface area is 134 Å². The summed E-state index contributed by atoms with van der Waals surface area (Å²) in [6.45, 7) is 1.10. The molecule has 1 spiro atoms. The Morgan fingerprint density at radius 1 is 1.35 bits per heavy atom. The number of hydrogen-bond acceptors (Lipinski definition) is 6. The van der Waals surface area contributed by atoms with E-state index in [2.05, 4.69) is 5.10 Å². The number of sulfonamides is 1. The molecule has 9 nitrogen and oxygen atoms in total. The standard InChI is InChI=1S/C13H20N4O5S/c1-15-6-11(5-14-15)17-9-13(22-7-12(17)18)8-16(23(2,19)20)3-4-21-10-13/h5-6H,3-4,7-10H2,1-2H3/t13-/m0/s1. The predicted octanol–water partition coefficient (Wildman–Crippen LogP) is -1.19. The molecule has 1 aromatic heterocycles. The van der Waals surface area contributed by atoms with Crippen LogP contribution in [0.2, 0.25) is 0 Å². The minimum atomic E-state index is -3.36. The molecule has 0 N–H and O–H groups in total. The third kappa shape index (κ3) is 3.39. The van der Waals surface area contributed by atoms with Gasteiger partial charge in [-0.2, -0.15) is 9.40 Å². The molecule has 2 fully saturated rings. The van der Waals surface area contributed by atoms with Crippen LogP contribution in [0.5, 0.6) is 0 Å². The summed E-state index contributed by atoms with van der Waals surface area (Å²) >= 11 is 0. The molecule has 2 saturated heterocycles. The van der Waals surface area contributed by atoms with Gasteiger partial charge in [-0.05, 0) is 0 Å². The second kappa shape index (κ2) is 5.86. The number of nitrogens with zero attached hydrogens (tertiary/aromatic N) is 4. The molecule has 0 bridgehead atoms. The van der Waals surface area contributed by atoms with Crippen LogP contribution in [0.1, 0.15) is 0 Å². The average Bonchev–Trinajstić information content (AvgIpc) is 2.79. The molecule has 0 radical (unpaired) electrons. The number of carbonyl (C=O) groups is 1. The second-order valence-corrected chi connectivity index (χ2v) is 7.96. The predicted molar refractivity (Wildman–Crippen MR) is 81.5 cm³/mol. The first-order valence-electron chi connectivity index (χ1n) is 7.25. The summed E-state index contributed by atoms with van der Waals surface area (Å²) in [4.78, 5) is 13.8. The minimum Gasteiger partial charge on any atom is -0.377 e. The van der Waals surface area contributed by atoms with Gasteiger partial charge in [-0.25, -0.2) is 8.42 Å². The molecular formula is C13H20N4O5S. The van der Waals surface area contributed by atoms with E-state index in [9.17, 15) is 13.2 Å². The van der Waals surface area contributed by atoms with E-state index in [1.165, 1.54) is 10.6 Å². The van der Waals surface area contributed by atoms with Gasteiger partial charge in [0.05, 0.1) is 37.9 Å². The lowest BCUT2D eigenvalue weighted by atomic mass is 10.0. The van der Waals surface area contributed by atoms with Gasteiger partial charge in [0.2, 0.25) is 10.0 Å². The molecule has 0 aliphatic carbocycles. The zero-order chi connectivity index (χ0) is 16.7. The lowest BCUT2D eigenvalue weighted by molar-refractivity contribution is -0.145. The van der Waals surface area contributed by atoms with Crippen LogP contribution in [0, 0.1) is 0 Å². The van der Waals surface area contributed by atoms with Gasteiger partial charge in [-0.15, -0.1) is 0 Å². The summed E-state index contributed by atoms with van der Waals surface area (Å²) in [5.41, 5.74) is -0.209. The van der Waals surface area contributed by atoms with Crippen LogP contribution in [-0.4, -0.2) is 79.7 Å². The number of anilines is 1. The maximum absolute atomic E-state index is 12.2. The number of amides is 1. The summed E-state index contributed by atoms with van der Waals surface area (Å²) in [5, 5.41) is 4.08. The van der Waals surface area contributed by atoms with Gasteiger partial charge >= 0.3 is 0 Å². The van der Waals surface area contributed by atoms with E-state index in [-0.39, 0.29) is 38.8 Å². The molecule has 23 heavy (non-hydrogen) atoms. The Morgan fingerprint density at radius 2 is 2.13 bits per heavy atom. The maximum atomic E-state index is 12.2. The summed E-state index contributed by atoms with van der Waals surface area (Å²) < 4.78 is 38.0. The third-order valence-corrected chi connectivity index (χ3v) is 5.29. The fourth-order valence-electron chi connectivity index (χ4n) is 2.83. The van der Waals surface area contributed by atoms with E-state index in [0.29, 0.717) is 12.3 Å². The normalized spacial score (nSPS) is 27.4. The highest BCUT2D eigenvalue weighted by Gasteiger charge is 2.45. The number of carbonyl (C=O) groups excluding carboxylic acids is 1. The first-order valence-corrected chi connectivity index (χ1v) is 9.10. The molecule has 1 atom stereocenters. The monoisotopic (exact) mass is 344 g/mol. The van der Waals surface area contributed by atoms with Crippen molar-refractivity contribution in [3.05, 3.63) is 12.4 Å². The molecule has 10 heteroatoms. The molecule has 1 amide bonds. The van der Waals surface area contributed by atoms with Gasteiger partial charge in [0, 0.05) is 26.3 Å². The zero-order valence-electron chi connectivity index (χ0n) is 13.1. The number of hydrogen-bond donors (Lipinski definition) is 0. The van der Waals surface area contributed by atoms with Crippen LogP contribution in [-0.2, 0) is 31.3 Å². The van der Waals surface area contributed by atoms with Crippen LogP contribution < -0.4 is 4.90 Å². The lowest BCUT2D eigenvalue weighted by Crippen LogP contribution is -2.61. The third-order valence-electron chi connectivity index (χ3n) is 4.04. The quantitative estimate of drug-likeness (QED) is 0.670. The number of morpholine rings is 1. The summed E-state index contributed by atoms with van der Waals surface area (Å²) in [5.74, 6) is -0.182. The molecule has 3 heterocycles. The fourth-order valence-corrected chi connectivity index (χ4v) is 3.71. The number of ether oxygens (including phenoxy) is 2. The number of aromatic nitrogens is 2. The topological polar surface area (TPSA) is 94.0 Å². The van der Waals surface area contributed by atoms with Gasteiger partial charge in [0.15, 0.2) is 0 Å². The van der Waals surface area contributed by atoms with Crippen LogP contribution in [0.25, 0.3) is 0 Å². The van der Waals surface area contributed by atoms with E-state index in [1.807, 2.05) is 0 Å². The Balaban J connectivity index is 1.87. The van der Waals surface area contributed by atoms with Crippen LogP contribution >= 0.6 is 0 Å². The first kappa shape index (κ1) is 16.4. The molecule has 2 aliphatic heterocycles. The van der Waals surface area contributed by atoms with E-state index in [4.69, 9.17) is 9.47 Å². The van der Waals surface area contributed by atoms with Crippen molar-refractivity contribution in [3.8, 4) is 0 Å². The van der Waals surface area contributed by atoms with E-state index < -0.39 is 15.6 Å². The van der Waals surface area contributed by atoms with Crippen molar-refractivity contribution < 1.29 is 22.7 Å². The minimum absolute atomic E-state index is 0.115. The number of aryl methyl sites for hydroxylation is 1. The van der Waals surface area contributed by atoms with Gasteiger partial charge in [-0.3, -0.25) is 9.48 Å². The van der Waals surface area contributed by atoms with E-state index in [0.717, 1.165) is 0 Å². The second-order valence-electron chi connectivity index (χ2n) is 5.97. The van der Waals surface area contributed by atoms with Crippen molar-refractivity contribution in [2.24, 2.45) is 7.05 Å². The fraction of sp³-hybridized carbons (Fsp3) is 0.692. The van der Waals surface area contributed by atoms with Gasteiger partial charge < -0.3 is 14.4 Å². The molecule has 0 aromatic carbocycles.